The van der Waals surface area contributed by atoms with E-state index in [1.807, 2.05) is 31.3 Å². The maximum absolute atomic E-state index is 5.98. The Hall–Kier alpha value is -1.82. The fourth-order valence-electron chi connectivity index (χ4n) is 3.18. The second kappa shape index (κ2) is 7.20. The van der Waals surface area contributed by atoms with Gasteiger partial charge in [-0.1, -0.05) is 47.6 Å². The topological polar surface area (TPSA) is 41.0 Å². The van der Waals surface area contributed by atoms with Crippen LogP contribution in [0.1, 0.15) is 6.42 Å². The molecule has 3 aromatic rings. The summed E-state index contributed by atoms with van der Waals surface area (Å²) in [4.78, 5) is 3.43. The number of halogens is 1. The fourth-order valence-corrected chi connectivity index (χ4v) is 4.17. The third-order valence-electron chi connectivity index (χ3n) is 4.56. The van der Waals surface area contributed by atoms with E-state index >= 15 is 0 Å². The van der Waals surface area contributed by atoms with Crippen LogP contribution in [0, 0.1) is 0 Å². The first kappa shape index (κ1) is 16.6. The van der Waals surface area contributed by atoms with Gasteiger partial charge in [0.25, 0.3) is 0 Å². The van der Waals surface area contributed by atoms with Gasteiger partial charge in [-0.25, -0.2) is 0 Å². The maximum Gasteiger partial charge on any atom is 0.159 e. The molecule has 6 heteroatoms. The van der Waals surface area contributed by atoms with Crippen LogP contribution in [0.3, 0.4) is 0 Å². The summed E-state index contributed by atoms with van der Waals surface area (Å²) >= 11 is 7.60. The zero-order valence-corrected chi connectivity index (χ0v) is 15.5. The van der Waals surface area contributed by atoms with Gasteiger partial charge in [0.15, 0.2) is 5.82 Å². The molecule has 2 heterocycles. The molecular formula is C19H19ClN4S. The highest BCUT2D eigenvalue weighted by molar-refractivity contribution is 7.99. The maximum atomic E-state index is 5.98. The van der Waals surface area contributed by atoms with Crippen molar-refractivity contribution in [3.63, 3.8) is 0 Å². The Morgan fingerprint density at radius 2 is 1.84 bits per heavy atom. The Labute approximate surface area is 156 Å². The summed E-state index contributed by atoms with van der Waals surface area (Å²) in [6.07, 6.45) is 1.13. The van der Waals surface area contributed by atoms with E-state index in [9.17, 15) is 0 Å². The van der Waals surface area contributed by atoms with Gasteiger partial charge in [0.2, 0.25) is 0 Å². The lowest BCUT2D eigenvalue weighted by Gasteiger charge is -2.19. The second-order valence-corrected chi connectivity index (χ2v) is 7.65. The van der Waals surface area contributed by atoms with Gasteiger partial charge in [-0.3, -0.25) is 0 Å². The molecule has 0 bridgehead atoms. The van der Waals surface area contributed by atoms with Crippen molar-refractivity contribution in [3.05, 3.63) is 53.6 Å². The van der Waals surface area contributed by atoms with Crippen LogP contribution in [0.2, 0.25) is 5.02 Å². The van der Waals surface area contributed by atoms with Gasteiger partial charge in [-0.05, 0) is 37.7 Å². The van der Waals surface area contributed by atoms with Crippen LogP contribution in [-0.4, -0.2) is 36.4 Å². The first-order valence-corrected chi connectivity index (χ1v) is 9.55. The van der Waals surface area contributed by atoms with Gasteiger partial charge >= 0.3 is 0 Å². The average Bonchev–Trinajstić information content (AvgIpc) is 3.13. The van der Waals surface area contributed by atoms with Gasteiger partial charge in [0.05, 0.1) is 0 Å². The minimum atomic E-state index is 0.517. The SMILES string of the molecule is CNC1CCN(c2nnc(Sc3ccc(Cl)cc3)c3ccccc23)C1. The molecule has 1 saturated heterocycles. The lowest BCUT2D eigenvalue weighted by atomic mass is 10.2. The fraction of sp³-hybridized carbons (Fsp3) is 0.263. The molecule has 1 unspecified atom stereocenters. The average molecular weight is 371 g/mol. The molecule has 1 fully saturated rings. The van der Waals surface area contributed by atoms with Crippen LogP contribution in [0.5, 0.6) is 0 Å². The van der Waals surface area contributed by atoms with E-state index in [1.165, 1.54) is 0 Å². The number of benzene rings is 2. The van der Waals surface area contributed by atoms with E-state index in [0.717, 1.165) is 51.0 Å². The molecule has 0 aliphatic carbocycles. The molecule has 25 heavy (non-hydrogen) atoms. The van der Waals surface area contributed by atoms with E-state index in [-0.39, 0.29) is 0 Å². The predicted molar refractivity (Wildman–Crippen MR) is 105 cm³/mol. The molecule has 1 aliphatic rings. The highest BCUT2D eigenvalue weighted by atomic mass is 35.5. The Bertz CT molecular complexity index is 884. The number of hydrogen-bond donors (Lipinski definition) is 1. The largest absolute Gasteiger partial charge is 0.353 e. The van der Waals surface area contributed by atoms with E-state index in [0.29, 0.717) is 6.04 Å². The third-order valence-corrected chi connectivity index (χ3v) is 5.81. The number of anilines is 1. The summed E-state index contributed by atoms with van der Waals surface area (Å²) in [5, 5.41) is 16.4. The summed E-state index contributed by atoms with van der Waals surface area (Å²) in [5.41, 5.74) is 0. The van der Waals surface area contributed by atoms with Gasteiger partial charge in [-0.2, -0.15) is 0 Å². The smallest absolute Gasteiger partial charge is 0.159 e. The van der Waals surface area contributed by atoms with Crippen molar-refractivity contribution >= 4 is 40.0 Å². The Balaban J connectivity index is 1.70. The molecule has 1 aromatic heterocycles. The molecule has 4 nitrogen and oxygen atoms in total. The molecule has 1 atom stereocenters. The van der Waals surface area contributed by atoms with E-state index < -0.39 is 0 Å². The third kappa shape index (κ3) is 3.45. The molecule has 0 radical (unpaired) electrons. The monoisotopic (exact) mass is 370 g/mol. The van der Waals surface area contributed by atoms with Gasteiger partial charge in [0, 0.05) is 39.8 Å². The standard InChI is InChI=1S/C19H19ClN4S/c1-21-14-10-11-24(12-14)18-16-4-2-3-5-17(16)19(23-22-18)25-15-8-6-13(20)7-9-15/h2-9,14,21H,10-12H2,1H3. The Morgan fingerprint density at radius 1 is 1.08 bits per heavy atom. The van der Waals surface area contributed by atoms with Gasteiger partial charge in [-0.15, -0.1) is 10.2 Å². The minimum absolute atomic E-state index is 0.517. The molecule has 2 aromatic carbocycles. The zero-order chi connectivity index (χ0) is 17.2. The first-order valence-electron chi connectivity index (χ1n) is 8.35. The van der Waals surface area contributed by atoms with Crippen molar-refractivity contribution < 1.29 is 0 Å². The van der Waals surface area contributed by atoms with Crippen molar-refractivity contribution in [1.29, 1.82) is 0 Å². The van der Waals surface area contributed by atoms with Crippen LogP contribution < -0.4 is 10.2 Å². The Morgan fingerprint density at radius 3 is 2.56 bits per heavy atom. The van der Waals surface area contributed by atoms with Crippen molar-refractivity contribution in [1.82, 2.24) is 15.5 Å². The summed E-state index contributed by atoms with van der Waals surface area (Å²) in [6.45, 7) is 1.98. The number of hydrogen-bond acceptors (Lipinski definition) is 5. The Kier molecular flexibility index (Phi) is 4.79. The van der Waals surface area contributed by atoms with Crippen molar-refractivity contribution in [2.45, 2.75) is 22.4 Å². The first-order chi connectivity index (χ1) is 12.2. The number of likely N-dealkylation sites (N-methyl/N-ethyl adjacent to an activating group) is 1. The van der Waals surface area contributed by atoms with Crippen LogP contribution in [-0.2, 0) is 0 Å². The molecule has 1 N–H and O–H groups in total. The number of fused-ring (bicyclic) bond motifs is 1. The molecule has 128 valence electrons. The number of nitrogens with one attached hydrogen (secondary N) is 1. The highest BCUT2D eigenvalue weighted by Crippen LogP contribution is 2.35. The molecule has 1 aliphatic heterocycles. The van der Waals surface area contributed by atoms with E-state index in [1.54, 1.807) is 11.8 Å². The summed E-state index contributed by atoms with van der Waals surface area (Å²) in [7, 11) is 2.02. The summed E-state index contributed by atoms with van der Waals surface area (Å²) in [5.74, 6) is 0.980. The van der Waals surface area contributed by atoms with Crippen LogP contribution in [0.4, 0.5) is 5.82 Å². The van der Waals surface area contributed by atoms with Crippen LogP contribution in [0.15, 0.2) is 58.5 Å². The molecule has 0 saturated carbocycles. The van der Waals surface area contributed by atoms with Crippen LogP contribution in [0.25, 0.3) is 10.8 Å². The molecular weight excluding hydrogens is 352 g/mol. The molecule has 0 spiro atoms. The number of aromatic nitrogens is 2. The molecule has 0 amide bonds. The van der Waals surface area contributed by atoms with E-state index in [4.69, 9.17) is 11.6 Å². The summed E-state index contributed by atoms with van der Waals surface area (Å²) < 4.78 is 0. The zero-order valence-electron chi connectivity index (χ0n) is 13.9. The predicted octanol–water partition coefficient (Wildman–Crippen LogP) is 4.23. The van der Waals surface area contributed by atoms with Gasteiger partial charge < -0.3 is 10.2 Å². The highest BCUT2D eigenvalue weighted by Gasteiger charge is 2.24. The van der Waals surface area contributed by atoms with Gasteiger partial charge in [0.1, 0.15) is 5.03 Å². The quantitative estimate of drug-likeness (QED) is 0.744. The number of rotatable bonds is 4. The minimum Gasteiger partial charge on any atom is -0.353 e. The van der Waals surface area contributed by atoms with E-state index in [2.05, 4.69) is 44.7 Å². The second-order valence-electron chi connectivity index (χ2n) is 6.15. The van der Waals surface area contributed by atoms with Crippen LogP contribution >= 0.6 is 23.4 Å². The number of nitrogens with zero attached hydrogens (tertiary/aromatic N) is 3. The normalized spacial score (nSPS) is 17.4. The lowest BCUT2D eigenvalue weighted by Crippen LogP contribution is -2.30. The van der Waals surface area contributed by atoms with Crippen molar-refractivity contribution in [2.24, 2.45) is 0 Å². The lowest BCUT2D eigenvalue weighted by molar-refractivity contribution is 0.616. The molecule has 4 rings (SSSR count). The summed E-state index contributed by atoms with van der Waals surface area (Å²) in [6, 6.07) is 16.7. The van der Waals surface area contributed by atoms with Crippen molar-refractivity contribution in [3.8, 4) is 0 Å². The van der Waals surface area contributed by atoms with Crippen molar-refractivity contribution in [2.75, 3.05) is 25.0 Å².